The minimum absolute atomic E-state index is 0.158. The summed E-state index contributed by atoms with van der Waals surface area (Å²) in [6, 6.07) is 10.7. The zero-order chi connectivity index (χ0) is 15.8. The quantitative estimate of drug-likeness (QED) is 0.779. The lowest BCUT2D eigenvalue weighted by Gasteiger charge is -2.51. The van der Waals surface area contributed by atoms with Crippen molar-refractivity contribution in [1.29, 1.82) is 0 Å². The molecule has 0 aromatic heterocycles. The summed E-state index contributed by atoms with van der Waals surface area (Å²) in [7, 11) is 0. The molecule has 0 N–H and O–H groups in total. The summed E-state index contributed by atoms with van der Waals surface area (Å²) in [6.45, 7) is 9.69. The van der Waals surface area contributed by atoms with Crippen molar-refractivity contribution in [3.63, 3.8) is 0 Å². The van der Waals surface area contributed by atoms with E-state index in [-0.39, 0.29) is 10.8 Å². The summed E-state index contributed by atoms with van der Waals surface area (Å²) < 4.78 is 0. The maximum Gasteiger partial charge on any atom is 0.142 e. The molecule has 1 aromatic carbocycles. The van der Waals surface area contributed by atoms with Crippen LogP contribution in [0.1, 0.15) is 45.6 Å². The Morgan fingerprint density at radius 1 is 1.18 bits per heavy atom. The summed E-state index contributed by atoms with van der Waals surface area (Å²) in [6.07, 6.45) is 5.01. The Morgan fingerprint density at radius 2 is 1.91 bits per heavy atom. The van der Waals surface area contributed by atoms with Gasteiger partial charge in [0, 0.05) is 36.9 Å². The lowest BCUT2D eigenvalue weighted by molar-refractivity contribution is -0.130. The Labute approximate surface area is 134 Å². The highest BCUT2D eigenvalue weighted by Gasteiger charge is 2.49. The van der Waals surface area contributed by atoms with Crippen LogP contribution in [0.3, 0.4) is 0 Å². The van der Waals surface area contributed by atoms with Gasteiger partial charge < -0.3 is 0 Å². The number of fused-ring (bicyclic) bond motifs is 1. The summed E-state index contributed by atoms with van der Waals surface area (Å²) >= 11 is 0. The van der Waals surface area contributed by atoms with Crippen LogP contribution in [0.4, 0.5) is 0 Å². The molecule has 1 saturated carbocycles. The maximum absolute atomic E-state index is 12.5. The van der Waals surface area contributed by atoms with Gasteiger partial charge in [-0.25, -0.2) is 0 Å². The molecule has 1 aliphatic carbocycles. The minimum atomic E-state index is -0.230. The van der Waals surface area contributed by atoms with Crippen molar-refractivity contribution in [2.45, 2.75) is 46.6 Å². The summed E-state index contributed by atoms with van der Waals surface area (Å²) in [5.74, 6) is 0.440. The van der Waals surface area contributed by atoms with Crippen molar-refractivity contribution in [2.24, 2.45) is 10.8 Å². The van der Waals surface area contributed by atoms with Crippen LogP contribution in [0.25, 0.3) is 0 Å². The van der Waals surface area contributed by atoms with E-state index in [0.29, 0.717) is 5.78 Å². The number of hydrogen-bond acceptors (Lipinski definition) is 2. The lowest BCUT2D eigenvalue weighted by Crippen LogP contribution is -2.50. The van der Waals surface area contributed by atoms with Crippen LogP contribution < -0.4 is 0 Å². The molecule has 0 amide bonds. The first-order chi connectivity index (χ1) is 10.5. The van der Waals surface area contributed by atoms with Gasteiger partial charge in [-0.1, -0.05) is 55.8 Å². The zero-order valence-corrected chi connectivity index (χ0v) is 14.1. The third-order valence-corrected chi connectivity index (χ3v) is 5.85. The van der Waals surface area contributed by atoms with Gasteiger partial charge in [-0.2, -0.15) is 0 Å². The number of Topliss-reactive ketones (excluding diaryl/α,β-unsaturated/α-hetero) is 1. The van der Waals surface area contributed by atoms with Crippen LogP contribution in [-0.4, -0.2) is 23.8 Å². The van der Waals surface area contributed by atoms with Crippen LogP contribution in [0.5, 0.6) is 0 Å². The number of carbonyl (C=O) groups excluding carboxylic acids is 1. The van der Waals surface area contributed by atoms with Gasteiger partial charge in [0.05, 0.1) is 0 Å². The highest BCUT2D eigenvalue weighted by atomic mass is 16.1. The topological polar surface area (TPSA) is 20.3 Å². The molecule has 0 spiro atoms. The second-order valence-corrected chi connectivity index (χ2v) is 7.44. The van der Waals surface area contributed by atoms with Crippen LogP contribution in [0.15, 0.2) is 42.0 Å². The Kier molecular flexibility index (Phi) is 3.98. The van der Waals surface area contributed by atoms with E-state index in [2.05, 4.69) is 62.1 Å². The first-order valence-corrected chi connectivity index (χ1v) is 8.49. The van der Waals surface area contributed by atoms with Gasteiger partial charge in [0.25, 0.3) is 0 Å². The molecular weight excluding hydrogens is 270 g/mol. The van der Waals surface area contributed by atoms with Crippen molar-refractivity contribution in [3.05, 3.63) is 47.5 Å². The number of rotatable bonds is 3. The third kappa shape index (κ3) is 2.54. The van der Waals surface area contributed by atoms with Gasteiger partial charge in [-0.3, -0.25) is 9.69 Å². The first kappa shape index (κ1) is 15.5. The van der Waals surface area contributed by atoms with Gasteiger partial charge in [-0.05, 0) is 25.3 Å². The minimum Gasteiger partial charge on any atom is -0.299 e. The average molecular weight is 297 g/mol. The molecule has 1 aromatic rings. The molecule has 0 saturated heterocycles. The van der Waals surface area contributed by atoms with E-state index in [0.717, 1.165) is 38.9 Å². The standard InChI is InChI=1S/C20H27NO/c1-4-20(3)17-11-13-21(14-16-8-6-5-7-9-16)15-19(17,2)12-10-18(20)22/h5-9,11H,4,10,12-15H2,1-3H3/t19-,20-/m0/s1. The number of ketones is 1. The zero-order valence-electron chi connectivity index (χ0n) is 14.1. The van der Waals surface area contributed by atoms with Gasteiger partial charge in [0.1, 0.15) is 5.78 Å². The third-order valence-electron chi connectivity index (χ3n) is 5.85. The molecule has 0 bridgehead atoms. The molecule has 0 unspecified atom stereocenters. The van der Waals surface area contributed by atoms with Crippen LogP contribution >= 0.6 is 0 Å². The smallest absolute Gasteiger partial charge is 0.142 e. The highest BCUT2D eigenvalue weighted by Crippen LogP contribution is 2.52. The van der Waals surface area contributed by atoms with Crippen LogP contribution in [0, 0.1) is 10.8 Å². The van der Waals surface area contributed by atoms with Crippen molar-refractivity contribution in [3.8, 4) is 0 Å². The van der Waals surface area contributed by atoms with E-state index in [1.165, 1.54) is 11.1 Å². The largest absolute Gasteiger partial charge is 0.299 e. The summed E-state index contributed by atoms with van der Waals surface area (Å²) in [4.78, 5) is 15.0. The molecule has 1 fully saturated rings. The van der Waals surface area contributed by atoms with Crippen molar-refractivity contribution >= 4 is 5.78 Å². The number of carbonyl (C=O) groups is 1. The molecule has 3 rings (SSSR count). The molecule has 2 heteroatoms. The van der Waals surface area contributed by atoms with Gasteiger partial charge in [0.2, 0.25) is 0 Å². The average Bonchev–Trinajstić information content (AvgIpc) is 2.52. The Balaban J connectivity index is 1.84. The van der Waals surface area contributed by atoms with Crippen molar-refractivity contribution < 1.29 is 4.79 Å². The van der Waals surface area contributed by atoms with Crippen molar-refractivity contribution in [2.75, 3.05) is 13.1 Å². The Morgan fingerprint density at radius 3 is 2.59 bits per heavy atom. The molecular formula is C20H27NO. The van der Waals surface area contributed by atoms with E-state index in [9.17, 15) is 4.79 Å². The van der Waals surface area contributed by atoms with E-state index in [1.807, 2.05) is 0 Å². The molecule has 0 radical (unpaired) electrons. The fraction of sp³-hybridized carbons (Fsp3) is 0.550. The highest BCUT2D eigenvalue weighted by molar-refractivity contribution is 5.89. The molecule has 22 heavy (non-hydrogen) atoms. The fourth-order valence-electron chi connectivity index (χ4n) is 4.38. The van der Waals surface area contributed by atoms with E-state index >= 15 is 0 Å². The number of hydrogen-bond donors (Lipinski definition) is 0. The Hall–Kier alpha value is -1.41. The predicted octanol–water partition coefficient (Wildman–Crippen LogP) is 4.21. The molecule has 1 heterocycles. The molecule has 118 valence electrons. The number of benzene rings is 1. The molecule has 2 atom stereocenters. The Bertz CT molecular complexity index is 591. The second kappa shape index (κ2) is 5.66. The molecule has 2 aliphatic rings. The van der Waals surface area contributed by atoms with Gasteiger partial charge >= 0.3 is 0 Å². The van der Waals surface area contributed by atoms with Crippen LogP contribution in [-0.2, 0) is 11.3 Å². The van der Waals surface area contributed by atoms with E-state index < -0.39 is 0 Å². The SMILES string of the molecule is CC[C@]1(C)C(=O)CC[C@@]2(C)CN(Cc3ccccc3)CC=C21. The van der Waals surface area contributed by atoms with E-state index in [1.54, 1.807) is 0 Å². The summed E-state index contributed by atoms with van der Waals surface area (Å²) in [5.41, 5.74) is 2.70. The first-order valence-electron chi connectivity index (χ1n) is 8.49. The monoisotopic (exact) mass is 297 g/mol. The van der Waals surface area contributed by atoms with Gasteiger partial charge in [0.15, 0.2) is 0 Å². The summed E-state index contributed by atoms with van der Waals surface area (Å²) in [5, 5.41) is 0. The van der Waals surface area contributed by atoms with Crippen LogP contribution in [0.2, 0.25) is 0 Å². The van der Waals surface area contributed by atoms with Gasteiger partial charge in [-0.15, -0.1) is 0 Å². The fourth-order valence-corrected chi connectivity index (χ4v) is 4.38. The normalized spacial score (nSPS) is 32.5. The van der Waals surface area contributed by atoms with Crippen molar-refractivity contribution in [1.82, 2.24) is 4.90 Å². The lowest BCUT2D eigenvalue weighted by atomic mass is 9.57. The maximum atomic E-state index is 12.5. The number of nitrogens with zero attached hydrogens (tertiary/aromatic N) is 1. The molecule has 2 nitrogen and oxygen atoms in total. The molecule has 1 aliphatic heterocycles. The second-order valence-electron chi connectivity index (χ2n) is 7.44. The predicted molar refractivity (Wildman–Crippen MR) is 90.5 cm³/mol. The van der Waals surface area contributed by atoms with E-state index in [4.69, 9.17) is 0 Å².